The molecule has 1 aliphatic carbocycles. The van der Waals surface area contributed by atoms with E-state index >= 15 is 0 Å². The summed E-state index contributed by atoms with van der Waals surface area (Å²) in [6.07, 6.45) is 2.29. The smallest absolute Gasteiger partial charge is 0.416 e. The van der Waals surface area contributed by atoms with Crippen LogP contribution in [-0.2, 0) is 9.53 Å². The van der Waals surface area contributed by atoms with Crippen LogP contribution in [0.5, 0.6) is 0 Å². The van der Waals surface area contributed by atoms with E-state index in [1.807, 2.05) is 18.2 Å². The number of halogens is 3. The van der Waals surface area contributed by atoms with E-state index in [2.05, 4.69) is 24.0 Å². The van der Waals surface area contributed by atoms with E-state index in [9.17, 15) is 18.0 Å². The number of hydrogen-bond acceptors (Lipinski definition) is 3. The number of hydrogen-bond donors (Lipinski definition) is 0. The number of methoxy groups -OCH3 is 1. The van der Waals surface area contributed by atoms with Crippen LogP contribution in [0.2, 0.25) is 0 Å². The van der Waals surface area contributed by atoms with Crippen LogP contribution in [0.25, 0.3) is 0 Å². The highest BCUT2D eigenvalue weighted by Gasteiger charge is 2.39. The molecule has 0 aromatic heterocycles. The summed E-state index contributed by atoms with van der Waals surface area (Å²) in [5.41, 5.74) is 0.619. The third-order valence-corrected chi connectivity index (χ3v) is 6.21. The van der Waals surface area contributed by atoms with Gasteiger partial charge in [0, 0.05) is 18.5 Å². The van der Waals surface area contributed by atoms with Gasteiger partial charge in [-0.2, -0.15) is 13.2 Å². The summed E-state index contributed by atoms with van der Waals surface area (Å²) in [6, 6.07) is 10.4. The number of ether oxygens (including phenoxy) is 1. The number of nitrogens with zero attached hydrogens (tertiary/aromatic N) is 1. The predicted molar refractivity (Wildman–Crippen MR) is 106 cm³/mol. The Morgan fingerprint density at radius 3 is 2.59 bits per heavy atom. The molecule has 0 N–H and O–H groups in total. The van der Waals surface area contributed by atoms with Gasteiger partial charge in [0.15, 0.2) is 0 Å². The number of piperidine rings is 1. The van der Waals surface area contributed by atoms with Crippen LogP contribution in [0.15, 0.2) is 54.1 Å². The number of carbonyl (C=O) groups excluding carboxylic acids is 1. The summed E-state index contributed by atoms with van der Waals surface area (Å²) in [6.45, 7) is 2.95. The highest BCUT2D eigenvalue weighted by atomic mass is 19.4. The molecule has 0 bridgehead atoms. The van der Waals surface area contributed by atoms with Crippen LogP contribution in [0, 0.1) is 11.8 Å². The van der Waals surface area contributed by atoms with Gasteiger partial charge in [0.1, 0.15) is 0 Å². The first-order chi connectivity index (χ1) is 13.8. The minimum atomic E-state index is -4.31. The molecule has 0 saturated carbocycles. The van der Waals surface area contributed by atoms with Crippen molar-refractivity contribution < 1.29 is 22.7 Å². The molecule has 0 spiro atoms. The standard InChI is InChI=1S/C23H28F3NO2/c1-16(18-6-4-3-5-7-18)27-13-12-17(15-22(28)29-2)14-21(27)19-8-10-20(11-9-19)23(24,25)26/h3-8,10-11,16-17,19,21H,9,12-15H2,1-2H3/t16?,17-,19?,21+/m0/s1. The Morgan fingerprint density at radius 2 is 2.00 bits per heavy atom. The molecule has 158 valence electrons. The summed E-state index contributed by atoms with van der Waals surface area (Å²) >= 11 is 0. The third kappa shape index (κ3) is 5.30. The summed E-state index contributed by atoms with van der Waals surface area (Å²) in [5.74, 6) is -0.0440. The van der Waals surface area contributed by atoms with Gasteiger partial charge < -0.3 is 4.74 Å². The van der Waals surface area contributed by atoms with E-state index < -0.39 is 11.7 Å². The molecule has 6 heteroatoms. The molecule has 1 aromatic carbocycles. The van der Waals surface area contributed by atoms with Crippen molar-refractivity contribution >= 4 is 5.97 Å². The van der Waals surface area contributed by atoms with Crippen LogP contribution in [0.3, 0.4) is 0 Å². The Balaban J connectivity index is 1.79. The maximum atomic E-state index is 13.0. The van der Waals surface area contributed by atoms with Crippen molar-refractivity contribution in [2.75, 3.05) is 13.7 Å². The summed E-state index contributed by atoms with van der Waals surface area (Å²) in [4.78, 5) is 14.2. The maximum Gasteiger partial charge on any atom is 0.416 e. The van der Waals surface area contributed by atoms with Gasteiger partial charge in [-0.05, 0) is 50.1 Å². The molecule has 1 heterocycles. The SMILES string of the molecule is COC(=O)C[C@H]1CCN(C(C)c2ccccc2)[C@@H](C2C=CC(C(F)(F)F)=CC2)C1. The van der Waals surface area contributed by atoms with Gasteiger partial charge in [-0.1, -0.05) is 48.6 Å². The molecule has 1 aromatic rings. The highest BCUT2D eigenvalue weighted by Crippen LogP contribution is 2.39. The van der Waals surface area contributed by atoms with E-state index in [1.54, 1.807) is 6.08 Å². The first-order valence-electron chi connectivity index (χ1n) is 10.1. The number of allylic oxidation sites excluding steroid dienone is 3. The largest absolute Gasteiger partial charge is 0.469 e. The first-order valence-corrected chi connectivity index (χ1v) is 10.1. The molecule has 29 heavy (non-hydrogen) atoms. The van der Waals surface area contributed by atoms with Gasteiger partial charge in [0.05, 0.1) is 12.7 Å². The van der Waals surface area contributed by atoms with E-state index in [0.29, 0.717) is 12.8 Å². The lowest BCUT2D eigenvalue weighted by Gasteiger charge is -2.46. The Morgan fingerprint density at radius 1 is 1.28 bits per heavy atom. The molecule has 3 nitrogen and oxygen atoms in total. The van der Waals surface area contributed by atoms with E-state index in [1.165, 1.54) is 24.8 Å². The summed E-state index contributed by atoms with van der Waals surface area (Å²) < 4.78 is 43.8. The zero-order chi connectivity index (χ0) is 21.0. The predicted octanol–water partition coefficient (Wildman–Crippen LogP) is 5.46. The molecule has 1 fully saturated rings. The fourth-order valence-corrected chi connectivity index (χ4v) is 4.55. The zero-order valence-corrected chi connectivity index (χ0v) is 16.9. The van der Waals surface area contributed by atoms with Crippen molar-refractivity contribution in [2.45, 2.75) is 50.9 Å². The molecule has 0 amide bonds. The average Bonchev–Trinajstić information content (AvgIpc) is 2.73. The number of alkyl halides is 3. The minimum absolute atomic E-state index is 0.00675. The van der Waals surface area contributed by atoms with Gasteiger partial charge in [-0.25, -0.2) is 0 Å². The Kier molecular flexibility index (Phi) is 6.83. The lowest BCUT2D eigenvalue weighted by molar-refractivity contribution is -0.142. The lowest BCUT2D eigenvalue weighted by atomic mass is 9.78. The second-order valence-electron chi connectivity index (χ2n) is 7.98. The topological polar surface area (TPSA) is 29.5 Å². The second kappa shape index (κ2) is 9.16. The van der Waals surface area contributed by atoms with Crippen LogP contribution in [-0.4, -0.2) is 36.7 Å². The van der Waals surface area contributed by atoms with Crippen molar-refractivity contribution in [3.8, 4) is 0 Å². The lowest BCUT2D eigenvalue weighted by Crippen LogP contribution is -2.48. The van der Waals surface area contributed by atoms with Crippen molar-refractivity contribution in [1.82, 2.24) is 4.90 Å². The zero-order valence-electron chi connectivity index (χ0n) is 16.9. The fraction of sp³-hybridized carbons (Fsp3) is 0.522. The average molecular weight is 407 g/mol. The van der Waals surface area contributed by atoms with Gasteiger partial charge >= 0.3 is 12.1 Å². The Hall–Kier alpha value is -2.08. The molecule has 1 aliphatic heterocycles. The van der Waals surface area contributed by atoms with E-state index in [0.717, 1.165) is 19.4 Å². The van der Waals surface area contributed by atoms with Crippen molar-refractivity contribution in [2.24, 2.45) is 11.8 Å². The number of likely N-dealkylation sites (tertiary alicyclic amines) is 1. The molecule has 0 radical (unpaired) electrons. The molecule has 4 atom stereocenters. The maximum absolute atomic E-state index is 13.0. The fourth-order valence-electron chi connectivity index (χ4n) is 4.55. The van der Waals surface area contributed by atoms with Crippen LogP contribution in [0.1, 0.15) is 44.2 Å². The normalized spacial score (nSPS) is 26.7. The molecule has 2 unspecified atom stereocenters. The van der Waals surface area contributed by atoms with Crippen LogP contribution < -0.4 is 0 Å². The van der Waals surface area contributed by atoms with Crippen LogP contribution >= 0.6 is 0 Å². The first kappa shape index (κ1) is 21.6. The number of benzene rings is 1. The van der Waals surface area contributed by atoms with E-state index in [4.69, 9.17) is 4.74 Å². The summed E-state index contributed by atoms with van der Waals surface area (Å²) in [7, 11) is 1.39. The third-order valence-electron chi connectivity index (χ3n) is 6.21. The Labute approximate surface area is 170 Å². The number of rotatable bonds is 5. The molecule has 3 rings (SSSR count). The molecule has 2 aliphatic rings. The van der Waals surface area contributed by atoms with Crippen molar-refractivity contribution in [3.63, 3.8) is 0 Å². The number of esters is 1. The van der Waals surface area contributed by atoms with Gasteiger partial charge in [-0.15, -0.1) is 0 Å². The van der Waals surface area contributed by atoms with Gasteiger partial charge in [0.25, 0.3) is 0 Å². The molecular formula is C23H28F3NO2. The van der Waals surface area contributed by atoms with Crippen molar-refractivity contribution in [1.29, 1.82) is 0 Å². The summed E-state index contributed by atoms with van der Waals surface area (Å²) in [5, 5.41) is 0. The number of carbonyl (C=O) groups is 1. The second-order valence-corrected chi connectivity index (χ2v) is 7.98. The molecule has 1 saturated heterocycles. The minimum Gasteiger partial charge on any atom is -0.469 e. The molecular weight excluding hydrogens is 379 g/mol. The Bertz CT molecular complexity index is 757. The van der Waals surface area contributed by atoms with Crippen molar-refractivity contribution in [3.05, 3.63) is 59.7 Å². The van der Waals surface area contributed by atoms with Crippen LogP contribution in [0.4, 0.5) is 13.2 Å². The van der Waals surface area contributed by atoms with Gasteiger partial charge in [-0.3, -0.25) is 9.69 Å². The monoisotopic (exact) mass is 407 g/mol. The highest BCUT2D eigenvalue weighted by molar-refractivity contribution is 5.69. The van der Waals surface area contributed by atoms with E-state index in [-0.39, 0.29) is 29.9 Å². The van der Waals surface area contributed by atoms with Gasteiger partial charge in [0.2, 0.25) is 0 Å². The quantitative estimate of drug-likeness (QED) is 0.608.